The molecule has 0 amide bonds. The van der Waals surface area contributed by atoms with Gasteiger partial charge in [-0.25, -0.2) is 0 Å². The molecule has 0 radical (unpaired) electrons. The van der Waals surface area contributed by atoms with Gasteiger partial charge in [0.1, 0.15) is 0 Å². The molecule has 0 atom stereocenters. The molecule has 2 aromatic rings. The molecular formula is C17H16ClF3N2O2. The highest BCUT2D eigenvalue weighted by molar-refractivity contribution is 6.33. The third-order valence-corrected chi connectivity index (χ3v) is 3.77. The van der Waals surface area contributed by atoms with Gasteiger partial charge in [0.25, 0.3) is 0 Å². The van der Waals surface area contributed by atoms with Crippen LogP contribution in [0, 0.1) is 0 Å². The number of nitrogens with zero attached hydrogens (tertiary/aromatic N) is 1. The number of nitrogens with one attached hydrogen (secondary N) is 1. The molecule has 2 aromatic carbocycles. The van der Waals surface area contributed by atoms with Gasteiger partial charge in [-0.05, 0) is 43.3 Å². The molecule has 0 saturated heterocycles. The molecular weight excluding hydrogens is 357 g/mol. The second-order valence-electron chi connectivity index (χ2n) is 5.07. The van der Waals surface area contributed by atoms with Crippen LogP contribution in [0.15, 0.2) is 41.5 Å². The fourth-order valence-electron chi connectivity index (χ4n) is 2.06. The summed E-state index contributed by atoms with van der Waals surface area (Å²) in [4.78, 5) is 0. The molecule has 0 bridgehead atoms. The Morgan fingerprint density at radius 3 is 2.32 bits per heavy atom. The molecule has 0 heterocycles. The van der Waals surface area contributed by atoms with Gasteiger partial charge in [0.2, 0.25) is 0 Å². The highest BCUT2D eigenvalue weighted by Crippen LogP contribution is 2.34. The van der Waals surface area contributed by atoms with E-state index in [9.17, 15) is 13.2 Å². The minimum absolute atomic E-state index is 0.0660. The van der Waals surface area contributed by atoms with Crippen molar-refractivity contribution in [2.75, 3.05) is 19.6 Å². The number of methoxy groups -OCH3 is 2. The number of ether oxygens (including phenoxy) is 2. The van der Waals surface area contributed by atoms with E-state index in [-0.39, 0.29) is 10.7 Å². The van der Waals surface area contributed by atoms with E-state index in [0.717, 1.165) is 12.1 Å². The van der Waals surface area contributed by atoms with Crippen LogP contribution in [0.25, 0.3) is 0 Å². The van der Waals surface area contributed by atoms with E-state index in [2.05, 4.69) is 10.5 Å². The first-order valence-electron chi connectivity index (χ1n) is 7.15. The zero-order chi connectivity index (χ0) is 18.6. The summed E-state index contributed by atoms with van der Waals surface area (Å²) in [6.07, 6.45) is -4.46. The molecule has 0 aromatic heterocycles. The summed E-state index contributed by atoms with van der Waals surface area (Å²) in [5, 5.41) is 4.23. The molecule has 8 heteroatoms. The summed E-state index contributed by atoms with van der Waals surface area (Å²) in [7, 11) is 3.03. The molecule has 4 nitrogen and oxygen atoms in total. The van der Waals surface area contributed by atoms with Crippen LogP contribution in [-0.4, -0.2) is 19.9 Å². The highest BCUT2D eigenvalue weighted by atomic mass is 35.5. The average molecular weight is 373 g/mol. The van der Waals surface area contributed by atoms with Crippen LogP contribution < -0.4 is 14.9 Å². The zero-order valence-electron chi connectivity index (χ0n) is 13.7. The number of hydrogen-bond acceptors (Lipinski definition) is 4. The maximum absolute atomic E-state index is 12.8. The van der Waals surface area contributed by atoms with Crippen molar-refractivity contribution in [3.05, 3.63) is 52.5 Å². The van der Waals surface area contributed by atoms with Crippen molar-refractivity contribution in [2.45, 2.75) is 13.1 Å². The standard InChI is InChI=1S/C17H16ClF3N2O2/c1-10(11-4-7-15(24-2)16(8-11)25-3)22-23-14-9-12(17(19,20)21)5-6-13(14)18/h4-9,23H,1-3H3/b22-10+. The van der Waals surface area contributed by atoms with Crippen molar-refractivity contribution in [1.82, 2.24) is 0 Å². The Labute approximate surface area is 148 Å². The Morgan fingerprint density at radius 2 is 1.72 bits per heavy atom. The van der Waals surface area contributed by atoms with Crippen molar-refractivity contribution < 1.29 is 22.6 Å². The van der Waals surface area contributed by atoms with Crippen LogP contribution in [0.3, 0.4) is 0 Å². The molecule has 0 saturated carbocycles. The van der Waals surface area contributed by atoms with Gasteiger partial charge in [0, 0.05) is 5.56 Å². The third kappa shape index (κ3) is 4.57. The number of benzene rings is 2. The Kier molecular flexibility index (Phi) is 5.79. The summed E-state index contributed by atoms with van der Waals surface area (Å²) < 4.78 is 48.7. The van der Waals surface area contributed by atoms with Gasteiger partial charge in [-0.1, -0.05) is 11.6 Å². The number of rotatable bonds is 5. The van der Waals surface area contributed by atoms with E-state index >= 15 is 0 Å². The predicted octanol–water partition coefficient (Wildman–Crippen LogP) is 5.21. The van der Waals surface area contributed by atoms with Gasteiger partial charge in [-0.15, -0.1) is 0 Å². The molecule has 0 fully saturated rings. The van der Waals surface area contributed by atoms with Gasteiger partial charge >= 0.3 is 6.18 Å². The first-order chi connectivity index (χ1) is 11.8. The molecule has 0 unspecified atom stereocenters. The molecule has 2 rings (SSSR count). The maximum atomic E-state index is 12.8. The SMILES string of the molecule is COc1ccc(/C(C)=N/Nc2cc(C(F)(F)F)ccc2Cl)cc1OC. The van der Waals surface area contributed by atoms with E-state index in [1.807, 2.05) is 0 Å². The Bertz CT molecular complexity index is 792. The lowest BCUT2D eigenvalue weighted by Crippen LogP contribution is -2.06. The summed E-state index contributed by atoms with van der Waals surface area (Å²) >= 11 is 5.93. The molecule has 25 heavy (non-hydrogen) atoms. The number of hydrogen-bond donors (Lipinski definition) is 1. The zero-order valence-corrected chi connectivity index (χ0v) is 14.5. The van der Waals surface area contributed by atoms with Crippen molar-refractivity contribution >= 4 is 23.0 Å². The quantitative estimate of drug-likeness (QED) is 0.578. The number of halogens is 4. The lowest BCUT2D eigenvalue weighted by Gasteiger charge is -2.11. The van der Waals surface area contributed by atoms with E-state index in [4.69, 9.17) is 21.1 Å². The molecule has 0 aliphatic rings. The molecule has 134 valence electrons. The van der Waals surface area contributed by atoms with Crippen LogP contribution in [0.4, 0.5) is 18.9 Å². The highest BCUT2D eigenvalue weighted by Gasteiger charge is 2.30. The van der Waals surface area contributed by atoms with E-state index in [1.165, 1.54) is 20.3 Å². The minimum atomic E-state index is -4.46. The van der Waals surface area contributed by atoms with Crippen LogP contribution in [-0.2, 0) is 6.18 Å². The van der Waals surface area contributed by atoms with Gasteiger partial charge in [-0.3, -0.25) is 5.43 Å². The lowest BCUT2D eigenvalue weighted by atomic mass is 10.1. The normalized spacial score (nSPS) is 12.0. The Hall–Kier alpha value is -2.41. The maximum Gasteiger partial charge on any atom is 0.416 e. The van der Waals surface area contributed by atoms with Gasteiger partial charge in [0.05, 0.1) is 36.2 Å². The smallest absolute Gasteiger partial charge is 0.416 e. The van der Waals surface area contributed by atoms with Crippen LogP contribution in [0.1, 0.15) is 18.1 Å². The number of hydrazone groups is 1. The number of anilines is 1. The first kappa shape index (κ1) is 18.9. The summed E-state index contributed by atoms with van der Waals surface area (Å²) in [5.41, 5.74) is 3.09. The van der Waals surface area contributed by atoms with Crippen molar-refractivity contribution in [3.8, 4) is 11.5 Å². The monoisotopic (exact) mass is 372 g/mol. The van der Waals surface area contributed by atoms with Crippen LogP contribution >= 0.6 is 11.6 Å². The number of alkyl halides is 3. The van der Waals surface area contributed by atoms with Crippen molar-refractivity contribution in [3.63, 3.8) is 0 Å². The van der Waals surface area contributed by atoms with Crippen LogP contribution in [0.2, 0.25) is 5.02 Å². The minimum Gasteiger partial charge on any atom is -0.493 e. The first-order valence-corrected chi connectivity index (χ1v) is 7.53. The summed E-state index contributed by atoms with van der Waals surface area (Å²) in [6, 6.07) is 8.19. The van der Waals surface area contributed by atoms with Gasteiger partial charge in [-0.2, -0.15) is 18.3 Å². The van der Waals surface area contributed by atoms with E-state index in [1.54, 1.807) is 25.1 Å². The largest absolute Gasteiger partial charge is 0.493 e. The second kappa shape index (κ2) is 7.65. The molecule has 0 spiro atoms. The fourth-order valence-corrected chi connectivity index (χ4v) is 2.22. The predicted molar refractivity (Wildman–Crippen MR) is 91.8 cm³/mol. The Morgan fingerprint density at radius 1 is 1.04 bits per heavy atom. The van der Waals surface area contributed by atoms with Crippen LogP contribution in [0.5, 0.6) is 11.5 Å². The molecule has 0 aliphatic heterocycles. The third-order valence-electron chi connectivity index (χ3n) is 3.44. The van der Waals surface area contributed by atoms with Crippen molar-refractivity contribution in [1.29, 1.82) is 0 Å². The van der Waals surface area contributed by atoms with Gasteiger partial charge in [0.15, 0.2) is 11.5 Å². The molecule has 0 aliphatic carbocycles. The average Bonchev–Trinajstić information content (AvgIpc) is 2.59. The van der Waals surface area contributed by atoms with E-state index < -0.39 is 11.7 Å². The summed E-state index contributed by atoms with van der Waals surface area (Å²) in [5.74, 6) is 1.08. The fraction of sp³-hybridized carbons (Fsp3) is 0.235. The topological polar surface area (TPSA) is 42.8 Å². The van der Waals surface area contributed by atoms with E-state index in [0.29, 0.717) is 22.8 Å². The second-order valence-corrected chi connectivity index (χ2v) is 5.48. The lowest BCUT2D eigenvalue weighted by molar-refractivity contribution is -0.137. The van der Waals surface area contributed by atoms with Gasteiger partial charge < -0.3 is 9.47 Å². The molecule has 1 N–H and O–H groups in total. The summed E-state index contributed by atoms with van der Waals surface area (Å²) in [6.45, 7) is 1.70. The Balaban J connectivity index is 2.27. The van der Waals surface area contributed by atoms with Crippen molar-refractivity contribution in [2.24, 2.45) is 5.10 Å².